The van der Waals surface area contributed by atoms with Crippen LogP contribution in [0, 0.1) is 5.92 Å². The first-order chi connectivity index (χ1) is 9.17. The molecule has 2 unspecified atom stereocenters. The van der Waals surface area contributed by atoms with Crippen molar-refractivity contribution >= 4 is 15.9 Å². The van der Waals surface area contributed by atoms with Crippen molar-refractivity contribution in [2.24, 2.45) is 18.8 Å². The largest absolute Gasteiger partial charge is 0.381 e. The lowest BCUT2D eigenvalue weighted by Gasteiger charge is -2.29. The summed E-state index contributed by atoms with van der Waals surface area (Å²) in [6.07, 6.45) is 4.09. The Morgan fingerprint density at radius 1 is 1.63 bits per heavy atom. The number of rotatable bonds is 5. The highest BCUT2D eigenvalue weighted by Gasteiger charge is 2.26. The van der Waals surface area contributed by atoms with Crippen molar-refractivity contribution in [3.8, 4) is 0 Å². The number of hydrogen-bond acceptors (Lipinski definition) is 4. The van der Waals surface area contributed by atoms with Gasteiger partial charge in [0.1, 0.15) is 0 Å². The van der Waals surface area contributed by atoms with Crippen LogP contribution in [0.2, 0.25) is 0 Å². The van der Waals surface area contributed by atoms with Gasteiger partial charge >= 0.3 is 0 Å². The van der Waals surface area contributed by atoms with Gasteiger partial charge in [0.2, 0.25) is 0 Å². The lowest BCUT2D eigenvalue weighted by Crippen LogP contribution is -2.45. The minimum atomic E-state index is 0.233. The van der Waals surface area contributed by atoms with Crippen LogP contribution in [0.15, 0.2) is 4.47 Å². The van der Waals surface area contributed by atoms with Gasteiger partial charge in [-0.3, -0.25) is 16.0 Å². The Labute approximate surface area is 123 Å². The third kappa shape index (κ3) is 3.37. The quantitative estimate of drug-likeness (QED) is 0.635. The molecule has 6 heteroatoms. The topological polar surface area (TPSA) is 65.1 Å². The van der Waals surface area contributed by atoms with E-state index < -0.39 is 0 Å². The van der Waals surface area contributed by atoms with E-state index in [0.29, 0.717) is 5.92 Å². The van der Waals surface area contributed by atoms with Gasteiger partial charge in [0.25, 0.3) is 0 Å². The number of aromatic nitrogens is 2. The summed E-state index contributed by atoms with van der Waals surface area (Å²) in [5, 5.41) is 4.53. The summed E-state index contributed by atoms with van der Waals surface area (Å²) >= 11 is 3.66. The molecular weight excluding hydrogens is 308 g/mol. The predicted octanol–water partition coefficient (Wildman–Crippen LogP) is 1.55. The number of halogens is 1. The van der Waals surface area contributed by atoms with Gasteiger partial charge in [-0.2, -0.15) is 5.10 Å². The van der Waals surface area contributed by atoms with E-state index in [4.69, 9.17) is 10.6 Å². The molecule has 3 N–H and O–H groups in total. The highest BCUT2D eigenvalue weighted by molar-refractivity contribution is 9.10. The number of ether oxygens (including phenoxy) is 1. The fraction of sp³-hybridized carbons (Fsp3) is 0.769. The molecule has 5 nitrogen and oxygen atoms in total. The second-order valence-corrected chi connectivity index (χ2v) is 5.93. The Morgan fingerprint density at radius 3 is 2.95 bits per heavy atom. The van der Waals surface area contributed by atoms with E-state index in [2.05, 4.69) is 33.4 Å². The predicted molar refractivity (Wildman–Crippen MR) is 78.6 cm³/mol. The van der Waals surface area contributed by atoms with E-state index in [1.54, 1.807) is 0 Å². The molecule has 0 aromatic carbocycles. The summed E-state index contributed by atoms with van der Waals surface area (Å²) in [5.74, 6) is 6.22. The fourth-order valence-electron chi connectivity index (χ4n) is 2.69. The SMILES string of the molecule is CCc1nn(C)c(CC(NN)C2CCCOC2)c1Br. The van der Waals surface area contributed by atoms with Crippen LogP contribution >= 0.6 is 15.9 Å². The lowest BCUT2D eigenvalue weighted by molar-refractivity contribution is 0.0390. The highest BCUT2D eigenvalue weighted by atomic mass is 79.9. The van der Waals surface area contributed by atoms with Crippen LogP contribution in [0.5, 0.6) is 0 Å². The van der Waals surface area contributed by atoms with Crippen molar-refractivity contribution in [2.45, 2.75) is 38.6 Å². The Kier molecular flexibility index (Phi) is 5.38. The molecule has 0 aliphatic carbocycles. The highest BCUT2D eigenvalue weighted by Crippen LogP contribution is 2.26. The van der Waals surface area contributed by atoms with Crippen LogP contribution in [0.25, 0.3) is 0 Å². The average Bonchev–Trinajstić information content (AvgIpc) is 2.72. The maximum atomic E-state index is 5.74. The zero-order valence-corrected chi connectivity index (χ0v) is 13.2. The number of hydrazine groups is 1. The van der Waals surface area contributed by atoms with Gasteiger partial charge in [-0.25, -0.2) is 0 Å². The molecule has 2 heterocycles. The maximum Gasteiger partial charge on any atom is 0.0766 e. The third-order valence-electron chi connectivity index (χ3n) is 3.89. The van der Waals surface area contributed by atoms with Crippen molar-refractivity contribution in [2.75, 3.05) is 13.2 Å². The van der Waals surface area contributed by atoms with Crippen molar-refractivity contribution in [1.82, 2.24) is 15.2 Å². The van der Waals surface area contributed by atoms with Crippen molar-refractivity contribution in [3.05, 3.63) is 15.9 Å². The number of nitrogens with zero attached hydrogens (tertiary/aromatic N) is 2. The second kappa shape index (κ2) is 6.83. The van der Waals surface area contributed by atoms with Crippen LogP contribution in [0.3, 0.4) is 0 Å². The van der Waals surface area contributed by atoms with Crippen LogP contribution in [-0.4, -0.2) is 29.0 Å². The number of nitrogens with one attached hydrogen (secondary N) is 1. The van der Waals surface area contributed by atoms with Crippen LogP contribution < -0.4 is 11.3 Å². The summed E-state index contributed by atoms with van der Waals surface area (Å²) in [6, 6.07) is 0.233. The smallest absolute Gasteiger partial charge is 0.0766 e. The lowest BCUT2D eigenvalue weighted by atomic mass is 9.91. The maximum absolute atomic E-state index is 5.74. The van der Waals surface area contributed by atoms with Crippen LogP contribution in [0.4, 0.5) is 0 Å². The van der Waals surface area contributed by atoms with Crippen molar-refractivity contribution in [3.63, 3.8) is 0 Å². The molecule has 0 saturated carbocycles. The van der Waals surface area contributed by atoms with Gasteiger partial charge in [-0.05, 0) is 41.1 Å². The van der Waals surface area contributed by atoms with Gasteiger partial charge in [-0.1, -0.05) is 6.92 Å². The molecule has 0 amide bonds. The molecule has 1 aromatic heterocycles. The number of hydrogen-bond donors (Lipinski definition) is 2. The van der Waals surface area contributed by atoms with E-state index in [0.717, 1.165) is 42.6 Å². The Bertz CT molecular complexity index is 415. The molecule has 0 bridgehead atoms. The summed E-state index contributed by atoms with van der Waals surface area (Å²) in [6.45, 7) is 3.79. The minimum Gasteiger partial charge on any atom is -0.381 e. The van der Waals surface area contributed by atoms with E-state index >= 15 is 0 Å². The van der Waals surface area contributed by atoms with E-state index in [1.807, 2.05) is 11.7 Å². The van der Waals surface area contributed by atoms with Gasteiger partial charge < -0.3 is 4.74 Å². The molecule has 0 radical (unpaired) electrons. The Hall–Kier alpha value is -0.430. The molecule has 108 valence electrons. The summed E-state index contributed by atoms with van der Waals surface area (Å²) in [5.41, 5.74) is 5.26. The molecule has 1 aromatic rings. The molecule has 1 fully saturated rings. The van der Waals surface area contributed by atoms with E-state index in [-0.39, 0.29) is 6.04 Å². The Balaban J connectivity index is 2.11. The van der Waals surface area contributed by atoms with E-state index in [9.17, 15) is 0 Å². The zero-order valence-electron chi connectivity index (χ0n) is 11.7. The average molecular weight is 331 g/mol. The summed E-state index contributed by atoms with van der Waals surface area (Å²) < 4.78 is 8.63. The molecular formula is C13H23BrN4O. The monoisotopic (exact) mass is 330 g/mol. The molecule has 2 atom stereocenters. The van der Waals surface area contributed by atoms with Crippen LogP contribution in [0.1, 0.15) is 31.2 Å². The molecule has 1 saturated heterocycles. The first-order valence-electron chi connectivity index (χ1n) is 6.91. The summed E-state index contributed by atoms with van der Waals surface area (Å²) in [7, 11) is 1.99. The minimum absolute atomic E-state index is 0.233. The number of aryl methyl sites for hydroxylation is 2. The standard InChI is InChI=1S/C13H23BrN4O/c1-3-10-13(14)12(18(2)17-10)7-11(16-15)9-5-4-6-19-8-9/h9,11,16H,3-8,15H2,1-2H3. The van der Waals surface area contributed by atoms with Crippen molar-refractivity contribution < 1.29 is 4.74 Å². The molecule has 0 spiro atoms. The van der Waals surface area contributed by atoms with Gasteiger partial charge in [-0.15, -0.1) is 0 Å². The van der Waals surface area contributed by atoms with Crippen molar-refractivity contribution in [1.29, 1.82) is 0 Å². The second-order valence-electron chi connectivity index (χ2n) is 5.14. The Morgan fingerprint density at radius 2 is 2.42 bits per heavy atom. The number of nitrogens with two attached hydrogens (primary N) is 1. The normalized spacial score (nSPS) is 21.6. The fourth-order valence-corrected chi connectivity index (χ4v) is 3.47. The van der Waals surface area contributed by atoms with Gasteiger partial charge in [0.05, 0.1) is 22.5 Å². The van der Waals surface area contributed by atoms with Crippen LogP contribution in [-0.2, 0) is 24.6 Å². The van der Waals surface area contributed by atoms with Gasteiger partial charge in [0.15, 0.2) is 0 Å². The first kappa shape index (κ1) is 15.0. The summed E-state index contributed by atoms with van der Waals surface area (Å²) in [4.78, 5) is 0. The third-order valence-corrected chi connectivity index (χ3v) is 4.81. The molecule has 19 heavy (non-hydrogen) atoms. The first-order valence-corrected chi connectivity index (χ1v) is 7.70. The molecule has 2 rings (SSSR count). The molecule has 1 aliphatic rings. The molecule has 1 aliphatic heterocycles. The van der Waals surface area contributed by atoms with E-state index in [1.165, 1.54) is 12.1 Å². The van der Waals surface area contributed by atoms with Gasteiger partial charge in [0, 0.05) is 26.1 Å². The zero-order chi connectivity index (χ0) is 13.8.